The van der Waals surface area contributed by atoms with E-state index in [1.807, 2.05) is 54.6 Å². The van der Waals surface area contributed by atoms with E-state index in [1.54, 1.807) is 12.4 Å². The molecule has 0 spiro atoms. The van der Waals surface area contributed by atoms with E-state index in [4.69, 9.17) is 4.74 Å². The third kappa shape index (κ3) is 4.68. The summed E-state index contributed by atoms with van der Waals surface area (Å²) >= 11 is 0. The molecule has 0 radical (unpaired) electrons. The molecule has 0 aliphatic heterocycles. The van der Waals surface area contributed by atoms with E-state index in [0.717, 1.165) is 22.7 Å². The van der Waals surface area contributed by atoms with Crippen molar-refractivity contribution < 1.29 is 9.84 Å². The molecule has 0 fully saturated rings. The van der Waals surface area contributed by atoms with E-state index in [1.165, 1.54) is 0 Å². The molecular formula is C19H21N3O2. The van der Waals surface area contributed by atoms with Crippen molar-refractivity contribution in [2.24, 2.45) is 0 Å². The standard InChI is InChI=1S/C19H21N3O2/c23-18(12-20-13-19-21-9-10-22-19)16-7-4-8-17(11-16)24-14-15-5-2-1-3-6-15/h1-11,18,20,23H,12-14H2,(H,21,22). The number of aliphatic hydroxyl groups excluding tert-OH is 1. The van der Waals surface area contributed by atoms with Gasteiger partial charge in [-0.15, -0.1) is 0 Å². The Morgan fingerprint density at radius 3 is 2.79 bits per heavy atom. The number of ether oxygens (including phenoxy) is 1. The molecule has 5 heteroatoms. The number of nitrogens with zero attached hydrogens (tertiary/aromatic N) is 1. The molecule has 2 aromatic carbocycles. The highest BCUT2D eigenvalue weighted by atomic mass is 16.5. The highest BCUT2D eigenvalue weighted by Crippen LogP contribution is 2.20. The first-order valence-electron chi connectivity index (χ1n) is 7.95. The van der Waals surface area contributed by atoms with Crippen molar-refractivity contribution in [1.82, 2.24) is 15.3 Å². The van der Waals surface area contributed by atoms with Crippen LogP contribution < -0.4 is 10.1 Å². The molecule has 0 amide bonds. The Hall–Kier alpha value is -2.63. The molecule has 0 bridgehead atoms. The lowest BCUT2D eigenvalue weighted by Crippen LogP contribution is -2.21. The maximum absolute atomic E-state index is 10.3. The summed E-state index contributed by atoms with van der Waals surface area (Å²) in [6.07, 6.45) is 2.89. The summed E-state index contributed by atoms with van der Waals surface area (Å²) < 4.78 is 5.80. The summed E-state index contributed by atoms with van der Waals surface area (Å²) in [5, 5.41) is 13.5. The van der Waals surface area contributed by atoms with Crippen LogP contribution >= 0.6 is 0 Å². The van der Waals surface area contributed by atoms with Gasteiger partial charge in [0.15, 0.2) is 0 Å². The van der Waals surface area contributed by atoms with Crippen molar-refractivity contribution in [3.8, 4) is 5.75 Å². The van der Waals surface area contributed by atoms with E-state index in [9.17, 15) is 5.11 Å². The Labute approximate surface area is 141 Å². The normalized spacial score (nSPS) is 12.0. The maximum Gasteiger partial charge on any atom is 0.120 e. The zero-order valence-electron chi connectivity index (χ0n) is 13.4. The average molecular weight is 323 g/mol. The van der Waals surface area contributed by atoms with Gasteiger partial charge in [0.05, 0.1) is 12.6 Å². The Balaban J connectivity index is 1.52. The van der Waals surface area contributed by atoms with Gasteiger partial charge in [-0.2, -0.15) is 0 Å². The second-order valence-corrected chi connectivity index (χ2v) is 5.53. The molecule has 0 aliphatic rings. The van der Waals surface area contributed by atoms with Crippen molar-refractivity contribution in [1.29, 1.82) is 0 Å². The van der Waals surface area contributed by atoms with Crippen molar-refractivity contribution in [2.45, 2.75) is 19.3 Å². The van der Waals surface area contributed by atoms with E-state index in [-0.39, 0.29) is 0 Å². The molecule has 124 valence electrons. The van der Waals surface area contributed by atoms with Crippen LogP contribution in [0.2, 0.25) is 0 Å². The molecule has 0 aliphatic carbocycles. The third-order valence-corrected chi connectivity index (χ3v) is 3.68. The van der Waals surface area contributed by atoms with Crippen LogP contribution in [0.3, 0.4) is 0 Å². The van der Waals surface area contributed by atoms with E-state index in [0.29, 0.717) is 19.7 Å². The highest BCUT2D eigenvalue weighted by molar-refractivity contribution is 5.30. The first-order chi connectivity index (χ1) is 11.8. The van der Waals surface area contributed by atoms with Crippen LogP contribution in [0.4, 0.5) is 0 Å². The molecule has 3 rings (SSSR count). The summed E-state index contributed by atoms with van der Waals surface area (Å²) in [5.41, 5.74) is 1.94. The van der Waals surface area contributed by atoms with Crippen LogP contribution in [0.25, 0.3) is 0 Å². The maximum atomic E-state index is 10.3. The SMILES string of the molecule is OC(CNCc1ncc[nH]1)c1cccc(OCc2ccccc2)c1. The fourth-order valence-corrected chi connectivity index (χ4v) is 2.39. The van der Waals surface area contributed by atoms with E-state index >= 15 is 0 Å². The lowest BCUT2D eigenvalue weighted by molar-refractivity contribution is 0.173. The number of hydrogen-bond donors (Lipinski definition) is 3. The van der Waals surface area contributed by atoms with Gasteiger partial charge in [-0.3, -0.25) is 0 Å². The number of nitrogens with one attached hydrogen (secondary N) is 2. The first kappa shape index (κ1) is 16.2. The Bertz CT molecular complexity index is 729. The van der Waals surface area contributed by atoms with Gasteiger partial charge in [-0.1, -0.05) is 42.5 Å². The second kappa shape index (κ2) is 8.29. The lowest BCUT2D eigenvalue weighted by Gasteiger charge is -2.13. The minimum atomic E-state index is -0.597. The predicted octanol–water partition coefficient (Wildman–Crippen LogP) is 2.81. The van der Waals surface area contributed by atoms with Gasteiger partial charge in [0, 0.05) is 18.9 Å². The number of aliphatic hydroxyl groups is 1. The largest absolute Gasteiger partial charge is 0.489 e. The van der Waals surface area contributed by atoms with Crippen LogP contribution in [-0.4, -0.2) is 21.6 Å². The smallest absolute Gasteiger partial charge is 0.120 e. The first-order valence-corrected chi connectivity index (χ1v) is 7.95. The Morgan fingerprint density at radius 1 is 1.12 bits per heavy atom. The van der Waals surface area contributed by atoms with Crippen LogP contribution in [0, 0.1) is 0 Å². The van der Waals surface area contributed by atoms with Gasteiger partial charge in [0.2, 0.25) is 0 Å². The summed E-state index contributed by atoms with van der Waals surface area (Å²) in [6.45, 7) is 1.55. The molecule has 1 unspecified atom stereocenters. The van der Waals surface area contributed by atoms with Gasteiger partial charge < -0.3 is 20.1 Å². The molecule has 3 N–H and O–H groups in total. The van der Waals surface area contributed by atoms with E-state index < -0.39 is 6.10 Å². The van der Waals surface area contributed by atoms with Crippen molar-refractivity contribution >= 4 is 0 Å². The quantitative estimate of drug-likeness (QED) is 0.596. The van der Waals surface area contributed by atoms with Crippen LogP contribution in [0.1, 0.15) is 23.1 Å². The van der Waals surface area contributed by atoms with Gasteiger partial charge in [0.1, 0.15) is 18.2 Å². The molecule has 0 saturated heterocycles. The van der Waals surface area contributed by atoms with Crippen LogP contribution in [0.15, 0.2) is 67.0 Å². The molecule has 0 saturated carbocycles. The molecule has 3 aromatic rings. The van der Waals surface area contributed by atoms with Gasteiger partial charge in [0.25, 0.3) is 0 Å². The number of benzene rings is 2. The Morgan fingerprint density at radius 2 is 2.00 bits per heavy atom. The van der Waals surface area contributed by atoms with Crippen molar-refractivity contribution in [2.75, 3.05) is 6.54 Å². The number of aromatic amines is 1. The van der Waals surface area contributed by atoms with Crippen molar-refractivity contribution in [3.63, 3.8) is 0 Å². The molecule has 1 aromatic heterocycles. The second-order valence-electron chi connectivity index (χ2n) is 5.53. The number of hydrogen-bond acceptors (Lipinski definition) is 4. The van der Waals surface area contributed by atoms with Gasteiger partial charge >= 0.3 is 0 Å². The van der Waals surface area contributed by atoms with Crippen LogP contribution in [0.5, 0.6) is 5.75 Å². The minimum Gasteiger partial charge on any atom is -0.489 e. The molecule has 24 heavy (non-hydrogen) atoms. The van der Waals surface area contributed by atoms with Crippen LogP contribution in [-0.2, 0) is 13.2 Å². The summed E-state index contributed by atoms with van der Waals surface area (Å²) in [4.78, 5) is 7.15. The van der Waals surface area contributed by atoms with Crippen molar-refractivity contribution in [3.05, 3.63) is 83.9 Å². The number of rotatable bonds is 8. The highest BCUT2D eigenvalue weighted by Gasteiger charge is 2.08. The molecule has 1 heterocycles. The van der Waals surface area contributed by atoms with Gasteiger partial charge in [-0.05, 0) is 23.3 Å². The monoisotopic (exact) mass is 323 g/mol. The van der Waals surface area contributed by atoms with E-state index in [2.05, 4.69) is 15.3 Å². The minimum absolute atomic E-state index is 0.447. The lowest BCUT2D eigenvalue weighted by atomic mass is 10.1. The molecule has 1 atom stereocenters. The number of H-pyrrole nitrogens is 1. The van der Waals surface area contributed by atoms with Gasteiger partial charge in [-0.25, -0.2) is 4.98 Å². The number of imidazole rings is 1. The Kier molecular flexibility index (Phi) is 5.61. The number of aromatic nitrogens is 2. The molecular weight excluding hydrogens is 302 g/mol. The fraction of sp³-hybridized carbons (Fsp3) is 0.211. The zero-order chi connectivity index (χ0) is 16.6. The molecule has 5 nitrogen and oxygen atoms in total. The fourth-order valence-electron chi connectivity index (χ4n) is 2.39. The average Bonchev–Trinajstić information content (AvgIpc) is 3.14. The topological polar surface area (TPSA) is 70.2 Å². The zero-order valence-corrected chi connectivity index (χ0v) is 13.4. The summed E-state index contributed by atoms with van der Waals surface area (Å²) in [6, 6.07) is 17.6. The third-order valence-electron chi connectivity index (χ3n) is 3.68. The predicted molar refractivity (Wildman–Crippen MR) is 92.5 cm³/mol. The summed E-state index contributed by atoms with van der Waals surface area (Å²) in [5.74, 6) is 1.60. The summed E-state index contributed by atoms with van der Waals surface area (Å²) in [7, 11) is 0.